The second-order valence-corrected chi connectivity index (χ2v) is 6.99. The highest BCUT2D eigenvalue weighted by Gasteiger charge is 2.29. The van der Waals surface area contributed by atoms with Gasteiger partial charge in [-0.2, -0.15) is 4.98 Å². The molecule has 0 unspecified atom stereocenters. The standard InChI is InChI=1S/C12H22N4O3S/c1-3-11-14-12(15-19-11)10-6-5-8-16(10)9-7-13-20(17,18)4-2/h10,13H,3-9H2,1-2H3/t10-/m1/s1. The number of aromatic nitrogens is 2. The molecule has 1 saturated heterocycles. The second kappa shape index (κ2) is 6.64. The third-order valence-corrected chi connectivity index (χ3v) is 4.95. The van der Waals surface area contributed by atoms with Crippen molar-refractivity contribution >= 4 is 10.0 Å². The molecule has 0 amide bonds. The minimum absolute atomic E-state index is 0.112. The molecule has 1 atom stereocenters. The van der Waals surface area contributed by atoms with E-state index in [4.69, 9.17) is 4.52 Å². The van der Waals surface area contributed by atoms with Crippen molar-refractivity contribution in [2.75, 3.05) is 25.4 Å². The van der Waals surface area contributed by atoms with E-state index in [0.717, 1.165) is 31.6 Å². The van der Waals surface area contributed by atoms with Crippen LogP contribution in [0.25, 0.3) is 0 Å². The maximum atomic E-state index is 11.4. The molecule has 1 N–H and O–H groups in total. The van der Waals surface area contributed by atoms with Crippen molar-refractivity contribution in [3.8, 4) is 0 Å². The molecular formula is C12H22N4O3S. The lowest BCUT2D eigenvalue weighted by molar-refractivity contribution is 0.246. The summed E-state index contributed by atoms with van der Waals surface area (Å²) in [5, 5.41) is 4.03. The van der Waals surface area contributed by atoms with Crippen LogP contribution in [0.3, 0.4) is 0 Å². The summed E-state index contributed by atoms with van der Waals surface area (Å²) < 4.78 is 30.5. The highest BCUT2D eigenvalue weighted by Crippen LogP contribution is 2.29. The van der Waals surface area contributed by atoms with E-state index in [1.807, 2.05) is 6.92 Å². The van der Waals surface area contributed by atoms with Gasteiger partial charge in [-0.1, -0.05) is 12.1 Å². The smallest absolute Gasteiger partial charge is 0.226 e. The van der Waals surface area contributed by atoms with Crippen LogP contribution in [-0.4, -0.2) is 48.8 Å². The van der Waals surface area contributed by atoms with Gasteiger partial charge in [0.05, 0.1) is 11.8 Å². The molecule has 0 spiro atoms. The third-order valence-electron chi connectivity index (χ3n) is 3.55. The molecule has 0 saturated carbocycles. The van der Waals surface area contributed by atoms with E-state index in [-0.39, 0.29) is 11.8 Å². The fraction of sp³-hybridized carbons (Fsp3) is 0.833. The lowest BCUT2D eigenvalue weighted by Gasteiger charge is -2.21. The zero-order valence-electron chi connectivity index (χ0n) is 12.0. The molecule has 0 bridgehead atoms. The first kappa shape index (κ1) is 15.4. The predicted molar refractivity (Wildman–Crippen MR) is 74.7 cm³/mol. The van der Waals surface area contributed by atoms with Crippen LogP contribution in [0, 0.1) is 0 Å². The van der Waals surface area contributed by atoms with E-state index in [2.05, 4.69) is 19.8 Å². The largest absolute Gasteiger partial charge is 0.339 e. The van der Waals surface area contributed by atoms with Gasteiger partial charge in [-0.05, 0) is 26.3 Å². The third kappa shape index (κ3) is 3.77. The average molecular weight is 302 g/mol. The van der Waals surface area contributed by atoms with Crippen molar-refractivity contribution in [3.05, 3.63) is 11.7 Å². The fourth-order valence-electron chi connectivity index (χ4n) is 2.38. The van der Waals surface area contributed by atoms with E-state index in [0.29, 0.717) is 19.0 Å². The first-order valence-corrected chi connectivity index (χ1v) is 8.74. The van der Waals surface area contributed by atoms with Crippen molar-refractivity contribution in [1.82, 2.24) is 19.8 Å². The number of nitrogens with one attached hydrogen (secondary N) is 1. The van der Waals surface area contributed by atoms with Crippen molar-refractivity contribution in [3.63, 3.8) is 0 Å². The molecule has 114 valence electrons. The number of nitrogens with zero attached hydrogens (tertiary/aromatic N) is 3. The highest BCUT2D eigenvalue weighted by atomic mass is 32.2. The van der Waals surface area contributed by atoms with Gasteiger partial charge in [0.1, 0.15) is 0 Å². The Balaban J connectivity index is 1.91. The van der Waals surface area contributed by atoms with Crippen LogP contribution in [0.4, 0.5) is 0 Å². The Morgan fingerprint density at radius 2 is 2.25 bits per heavy atom. The molecule has 1 aliphatic rings. The average Bonchev–Trinajstić information content (AvgIpc) is 3.06. The zero-order chi connectivity index (χ0) is 14.6. The van der Waals surface area contributed by atoms with Crippen molar-refractivity contribution in [2.45, 2.75) is 39.2 Å². The molecule has 1 aliphatic heterocycles. The molecule has 1 aromatic rings. The SMILES string of the molecule is CCc1nc([C@H]2CCCN2CCNS(=O)(=O)CC)no1. The Bertz CT molecular complexity index is 529. The number of hydrogen-bond donors (Lipinski definition) is 1. The van der Waals surface area contributed by atoms with E-state index in [9.17, 15) is 8.42 Å². The lowest BCUT2D eigenvalue weighted by Crippen LogP contribution is -2.35. The summed E-state index contributed by atoms with van der Waals surface area (Å²) in [7, 11) is -3.12. The first-order valence-electron chi connectivity index (χ1n) is 7.09. The molecule has 0 aliphatic carbocycles. The van der Waals surface area contributed by atoms with Gasteiger partial charge in [0, 0.05) is 19.5 Å². The number of likely N-dealkylation sites (tertiary alicyclic amines) is 1. The summed E-state index contributed by atoms with van der Waals surface area (Å²) in [6, 6.07) is 0.144. The Morgan fingerprint density at radius 1 is 1.45 bits per heavy atom. The van der Waals surface area contributed by atoms with Crippen molar-refractivity contribution in [1.29, 1.82) is 0 Å². The fourth-order valence-corrected chi connectivity index (χ4v) is 2.99. The van der Waals surface area contributed by atoms with Crippen molar-refractivity contribution in [2.24, 2.45) is 0 Å². The zero-order valence-corrected chi connectivity index (χ0v) is 12.8. The minimum atomic E-state index is -3.12. The minimum Gasteiger partial charge on any atom is -0.339 e. The molecule has 1 fully saturated rings. The Morgan fingerprint density at radius 3 is 2.90 bits per heavy atom. The van der Waals surface area contributed by atoms with E-state index in [1.165, 1.54) is 0 Å². The van der Waals surface area contributed by atoms with E-state index < -0.39 is 10.0 Å². The summed E-state index contributed by atoms with van der Waals surface area (Å²) in [6.07, 6.45) is 2.79. The molecule has 20 heavy (non-hydrogen) atoms. The maximum Gasteiger partial charge on any atom is 0.226 e. The normalized spacial score (nSPS) is 20.6. The number of rotatable bonds is 7. The van der Waals surface area contributed by atoms with Gasteiger partial charge in [0.2, 0.25) is 15.9 Å². The van der Waals surface area contributed by atoms with Gasteiger partial charge >= 0.3 is 0 Å². The van der Waals surface area contributed by atoms with Crippen LogP contribution in [0.1, 0.15) is 44.4 Å². The summed E-state index contributed by atoms with van der Waals surface area (Å²) in [6.45, 7) is 5.63. The Labute approximate surface area is 119 Å². The van der Waals surface area contributed by atoms with Crippen molar-refractivity contribution < 1.29 is 12.9 Å². The summed E-state index contributed by atoms with van der Waals surface area (Å²) in [4.78, 5) is 6.59. The quantitative estimate of drug-likeness (QED) is 0.798. The molecule has 2 rings (SSSR count). The summed E-state index contributed by atoms with van der Waals surface area (Å²) >= 11 is 0. The van der Waals surface area contributed by atoms with Gasteiger partial charge in [-0.25, -0.2) is 13.1 Å². The van der Waals surface area contributed by atoms with Crippen LogP contribution in [-0.2, 0) is 16.4 Å². The first-order chi connectivity index (χ1) is 9.55. The van der Waals surface area contributed by atoms with E-state index >= 15 is 0 Å². The number of hydrogen-bond acceptors (Lipinski definition) is 6. The van der Waals surface area contributed by atoms with Gasteiger partial charge in [0.15, 0.2) is 5.82 Å². The summed E-state index contributed by atoms with van der Waals surface area (Å²) in [5.41, 5.74) is 0. The molecule has 1 aromatic heterocycles. The molecule has 2 heterocycles. The molecule has 7 nitrogen and oxygen atoms in total. The topological polar surface area (TPSA) is 88.3 Å². The van der Waals surface area contributed by atoms with Gasteiger partial charge < -0.3 is 4.52 Å². The van der Waals surface area contributed by atoms with Gasteiger partial charge in [-0.3, -0.25) is 4.90 Å². The van der Waals surface area contributed by atoms with Gasteiger partial charge in [0.25, 0.3) is 0 Å². The number of aryl methyl sites for hydroxylation is 1. The molecule has 8 heteroatoms. The van der Waals surface area contributed by atoms with Crippen LogP contribution in [0.15, 0.2) is 4.52 Å². The monoisotopic (exact) mass is 302 g/mol. The summed E-state index contributed by atoms with van der Waals surface area (Å²) in [5.74, 6) is 1.48. The predicted octanol–water partition coefficient (Wildman–Crippen LogP) is 0.708. The maximum absolute atomic E-state index is 11.4. The van der Waals surface area contributed by atoms with Crippen LogP contribution >= 0.6 is 0 Å². The Hall–Kier alpha value is -0.990. The van der Waals surface area contributed by atoms with E-state index in [1.54, 1.807) is 6.92 Å². The highest BCUT2D eigenvalue weighted by molar-refractivity contribution is 7.89. The van der Waals surface area contributed by atoms with Crippen LogP contribution < -0.4 is 4.72 Å². The molecule has 0 aromatic carbocycles. The van der Waals surface area contributed by atoms with Crippen LogP contribution in [0.2, 0.25) is 0 Å². The van der Waals surface area contributed by atoms with Crippen LogP contribution in [0.5, 0.6) is 0 Å². The molecular weight excluding hydrogens is 280 g/mol. The Kier molecular flexibility index (Phi) is 5.11. The number of sulfonamides is 1. The molecule has 0 radical (unpaired) electrons. The second-order valence-electron chi connectivity index (χ2n) is 4.89. The lowest BCUT2D eigenvalue weighted by atomic mass is 10.2. The van der Waals surface area contributed by atoms with Gasteiger partial charge in [-0.15, -0.1) is 0 Å².